The Kier molecular flexibility index (Phi) is 5.64. The van der Waals surface area contributed by atoms with Crippen molar-refractivity contribution < 1.29 is 13.3 Å². The number of hydrogen-bond donors (Lipinski definition) is 2. The predicted octanol–water partition coefficient (Wildman–Crippen LogP) is 1.69. The van der Waals surface area contributed by atoms with Crippen LogP contribution in [0, 0.1) is 10.1 Å². The normalized spacial score (nSPS) is 13.2. The number of nitro benzene ring substituents is 1. The minimum atomic E-state index is -3.87. The standard InChI is InChI=1S/C12H20N4O4S/c1-4-5-9(2)15(3)21(19,20)12-8-10(16(17)18)6-7-11(12)14-13/h6-9,14H,4-5,13H2,1-3H3. The first-order valence-corrected chi connectivity index (χ1v) is 7.92. The zero-order chi connectivity index (χ0) is 16.2. The molecule has 3 N–H and O–H groups in total. The van der Waals surface area contributed by atoms with Crippen LogP contribution in [0.3, 0.4) is 0 Å². The minimum Gasteiger partial charge on any atom is -0.323 e. The summed E-state index contributed by atoms with van der Waals surface area (Å²) in [7, 11) is -2.42. The van der Waals surface area contributed by atoms with Gasteiger partial charge in [0, 0.05) is 25.2 Å². The van der Waals surface area contributed by atoms with Crippen LogP contribution < -0.4 is 11.3 Å². The second-order valence-electron chi connectivity index (χ2n) is 4.74. The average molecular weight is 316 g/mol. The van der Waals surface area contributed by atoms with Crippen LogP contribution >= 0.6 is 0 Å². The zero-order valence-corrected chi connectivity index (χ0v) is 13.1. The van der Waals surface area contributed by atoms with Gasteiger partial charge in [0.2, 0.25) is 10.0 Å². The third kappa shape index (κ3) is 3.69. The number of nitrogens with one attached hydrogen (secondary N) is 1. The summed E-state index contributed by atoms with van der Waals surface area (Å²) in [5, 5.41) is 10.8. The fourth-order valence-electron chi connectivity index (χ4n) is 1.95. The second-order valence-corrected chi connectivity index (χ2v) is 6.71. The van der Waals surface area contributed by atoms with Crippen molar-refractivity contribution in [2.45, 2.75) is 37.6 Å². The molecule has 0 aliphatic carbocycles. The van der Waals surface area contributed by atoms with Gasteiger partial charge >= 0.3 is 0 Å². The minimum absolute atomic E-state index is 0.121. The molecule has 8 nitrogen and oxygen atoms in total. The molecule has 0 amide bonds. The van der Waals surface area contributed by atoms with Gasteiger partial charge in [0.15, 0.2) is 0 Å². The largest absolute Gasteiger partial charge is 0.323 e. The van der Waals surface area contributed by atoms with E-state index in [9.17, 15) is 18.5 Å². The maximum atomic E-state index is 12.6. The molecule has 0 aliphatic heterocycles. The molecule has 9 heteroatoms. The third-order valence-electron chi connectivity index (χ3n) is 3.32. The van der Waals surface area contributed by atoms with E-state index in [1.54, 1.807) is 6.92 Å². The monoisotopic (exact) mass is 316 g/mol. The first kappa shape index (κ1) is 17.3. The van der Waals surface area contributed by atoms with Crippen molar-refractivity contribution in [3.8, 4) is 0 Å². The van der Waals surface area contributed by atoms with E-state index in [1.807, 2.05) is 6.92 Å². The number of nitrogen functional groups attached to an aromatic ring is 1. The molecule has 1 aromatic carbocycles. The quantitative estimate of drug-likeness (QED) is 0.449. The van der Waals surface area contributed by atoms with E-state index in [-0.39, 0.29) is 22.3 Å². The van der Waals surface area contributed by atoms with Gasteiger partial charge < -0.3 is 5.43 Å². The van der Waals surface area contributed by atoms with Gasteiger partial charge in [-0.05, 0) is 19.4 Å². The van der Waals surface area contributed by atoms with Crippen molar-refractivity contribution in [2.75, 3.05) is 12.5 Å². The number of benzene rings is 1. The number of non-ortho nitro benzene ring substituents is 1. The van der Waals surface area contributed by atoms with Gasteiger partial charge in [-0.15, -0.1) is 0 Å². The number of hydrazine groups is 1. The van der Waals surface area contributed by atoms with E-state index in [2.05, 4.69) is 5.43 Å². The molecule has 1 aromatic rings. The molecule has 118 valence electrons. The van der Waals surface area contributed by atoms with Crippen molar-refractivity contribution in [1.29, 1.82) is 0 Å². The topological polar surface area (TPSA) is 119 Å². The number of nitrogens with zero attached hydrogens (tertiary/aromatic N) is 2. The Hall–Kier alpha value is -1.71. The van der Waals surface area contributed by atoms with Crippen LogP contribution in [0.15, 0.2) is 23.1 Å². The molecule has 0 aliphatic rings. The summed E-state index contributed by atoms with van der Waals surface area (Å²) < 4.78 is 26.4. The second kappa shape index (κ2) is 6.83. The van der Waals surface area contributed by atoms with Gasteiger partial charge in [0.05, 0.1) is 10.6 Å². The van der Waals surface area contributed by atoms with Crippen molar-refractivity contribution in [1.82, 2.24) is 4.31 Å². The molecule has 21 heavy (non-hydrogen) atoms. The highest BCUT2D eigenvalue weighted by atomic mass is 32.2. The molecular formula is C12H20N4O4S. The third-order valence-corrected chi connectivity index (χ3v) is 5.33. The lowest BCUT2D eigenvalue weighted by atomic mass is 10.2. The van der Waals surface area contributed by atoms with E-state index in [0.29, 0.717) is 6.42 Å². The van der Waals surface area contributed by atoms with Crippen LogP contribution in [0.5, 0.6) is 0 Å². The highest BCUT2D eigenvalue weighted by Crippen LogP contribution is 2.29. The summed E-state index contributed by atoms with van der Waals surface area (Å²) in [6.07, 6.45) is 1.52. The van der Waals surface area contributed by atoms with Crippen LogP contribution in [0.4, 0.5) is 11.4 Å². The van der Waals surface area contributed by atoms with Gasteiger partial charge in [-0.2, -0.15) is 4.31 Å². The van der Waals surface area contributed by atoms with E-state index in [0.717, 1.165) is 12.5 Å². The first-order chi connectivity index (χ1) is 9.75. The maximum Gasteiger partial charge on any atom is 0.270 e. The van der Waals surface area contributed by atoms with Crippen LogP contribution in [-0.2, 0) is 10.0 Å². The molecule has 1 atom stereocenters. The fraction of sp³-hybridized carbons (Fsp3) is 0.500. The molecule has 0 aromatic heterocycles. The van der Waals surface area contributed by atoms with Gasteiger partial charge in [0.25, 0.3) is 5.69 Å². The van der Waals surface area contributed by atoms with Crippen LogP contribution in [-0.4, -0.2) is 30.7 Å². The van der Waals surface area contributed by atoms with E-state index in [1.165, 1.54) is 23.5 Å². The first-order valence-electron chi connectivity index (χ1n) is 6.48. The number of nitro groups is 1. The summed E-state index contributed by atoms with van der Waals surface area (Å²) in [5.41, 5.74) is 2.08. The summed E-state index contributed by atoms with van der Waals surface area (Å²) in [5.74, 6) is 5.31. The SMILES string of the molecule is CCCC(C)N(C)S(=O)(=O)c1cc([N+](=O)[O-])ccc1NN. The Morgan fingerprint density at radius 1 is 1.48 bits per heavy atom. The summed E-state index contributed by atoms with van der Waals surface area (Å²) in [6.45, 7) is 3.74. The van der Waals surface area contributed by atoms with Crippen LogP contribution in [0.25, 0.3) is 0 Å². The van der Waals surface area contributed by atoms with Crippen molar-refractivity contribution in [3.05, 3.63) is 28.3 Å². The molecule has 0 bridgehead atoms. The Labute approximate surface area is 124 Å². The highest BCUT2D eigenvalue weighted by molar-refractivity contribution is 7.89. The van der Waals surface area contributed by atoms with Crippen molar-refractivity contribution in [3.63, 3.8) is 0 Å². The van der Waals surface area contributed by atoms with Crippen molar-refractivity contribution >= 4 is 21.4 Å². The highest BCUT2D eigenvalue weighted by Gasteiger charge is 2.29. The fourth-order valence-corrected chi connectivity index (χ4v) is 3.51. The zero-order valence-electron chi connectivity index (χ0n) is 12.2. The number of rotatable bonds is 7. The molecule has 0 saturated carbocycles. The predicted molar refractivity (Wildman–Crippen MR) is 80.2 cm³/mol. The lowest BCUT2D eigenvalue weighted by Gasteiger charge is -2.24. The van der Waals surface area contributed by atoms with Gasteiger partial charge in [-0.1, -0.05) is 13.3 Å². The lowest BCUT2D eigenvalue weighted by Crippen LogP contribution is -2.35. The maximum absolute atomic E-state index is 12.6. The van der Waals surface area contributed by atoms with Crippen LogP contribution in [0.2, 0.25) is 0 Å². The van der Waals surface area contributed by atoms with E-state index in [4.69, 9.17) is 5.84 Å². The Balaban J connectivity index is 3.35. The number of anilines is 1. The molecule has 0 radical (unpaired) electrons. The Morgan fingerprint density at radius 3 is 2.57 bits per heavy atom. The number of sulfonamides is 1. The number of hydrogen-bond acceptors (Lipinski definition) is 6. The van der Waals surface area contributed by atoms with Crippen molar-refractivity contribution in [2.24, 2.45) is 5.84 Å². The summed E-state index contributed by atoms with van der Waals surface area (Å²) in [4.78, 5) is 9.98. The molecule has 0 saturated heterocycles. The molecule has 1 unspecified atom stereocenters. The lowest BCUT2D eigenvalue weighted by molar-refractivity contribution is -0.385. The average Bonchev–Trinajstić information content (AvgIpc) is 2.45. The van der Waals surface area contributed by atoms with E-state index < -0.39 is 14.9 Å². The van der Waals surface area contributed by atoms with Gasteiger partial charge in [0.1, 0.15) is 4.90 Å². The Bertz CT molecular complexity index is 618. The van der Waals surface area contributed by atoms with Gasteiger partial charge in [-0.25, -0.2) is 8.42 Å². The van der Waals surface area contributed by atoms with Crippen LogP contribution in [0.1, 0.15) is 26.7 Å². The molecule has 0 fully saturated rings. The Morgan fingerprint density at radius 2 is 2.10 bits per heavy atom. The summed E-state index contributed by atoms with van der Waals surface area (Å²) >= 11 is 0. The number of nitrogens with two attached hydrogens (primary N) is 1. The molecule has 0 heterocycles. The molecule has 1 rings (SSSR count). The molecule has 0 spiro atoms. The molecular weight excluding hydrogens is 296 g/mol. The van der Waals surface area contributed by atoms with E-state index >= 15 is 0 Å². The summed E-state index contributed by atoms with van der Waals surface area (Å²) in [6, 6.07) is 3.28. The van der Waals surface area contributed by atoms with Gasteiger partial charge in [-0.3, -0.25) is 16.0 Å². The smallest absolute Gasteiger partial charge is 0.270 e.